The summed E-state index contributed by atoms with van der Waals surface area (Å²) in [5.41, 5.74) is 13.6. The quantitative estimate of drug-likeness (QED) is 0.378. The van der Waals surface area contributed by atoms with Crippen LogP contribution < -0.4 is 0 Å². The molecule has 0 radical (unpaired) electrons. The Bertz CT molecular complexity index is 274. The summed E-state index contributed by atoms with van der Waals surface area (Å²) in [6.07, 6.45) is 0. The zero-order chi connectivity index (χ0) is 18.1. The Morgan fingerprint density at radius 1 is 0.524 bits per heavy atom. The van der Waals surface area contributed by atoms with Crippen molar-refractivity contribution in [2.45, 2.75) is 105 Å². The minimum absolute atomic E-state index is 0.124. The molecule has 4 nitrogen and oxygen atoms in total. The van der Waals surface area contributed by atoms with Crippen LogP contribution in [0.25, 0.3) is 11.5 Å². The van der Waals surface area contributed by atoms with Gasteiger partial charge in [0.05, 0.1) is 0 Å². The van der Waals surface area contributed by atoms with Gasteiger partial charge < -0.3 is 11.5 Å². The number of rotatable bonds is 0. The molecule has 0 aromatic rings. The maximum absolute atomic E-state index is 6.94. The first-order valence-corrected chi connectivity index (χ1v) is 9.94. The molecule has 5 heteroatoms. The molecule has 0 fully saturated rings. The van der Waals surface area contributed by atoms with E-state index in [1.54, 1.807) is 0 Å². The van der Waals surface area contributed by atoms with Gasteiger partial charge >= 0.3 is 77.8 Å². The van der Waals surface area contributed by atoms with Crippen LogP contribution in [0, 0.1) is 0 Å². The summed E-state index contributed by atoms with van der Waals surface area (Å²) in [4.78, 5) is 0. The first-order valence-electron chi connectivity index (χ1n) is 7.31. The van der Waals surface area contributed by atoms with E-state index >= 15 is 0 Å². The van der Waals surface area contributed by atoms with Crippen molar-refractivity contribution in [1.82, 2.24) is 0 Å². The van der Waals surface area contributed by atoms with E-state index < -0.39 is 18.2 Å². The van der Waals surface area contributed by atoms with Gasteiger partial charge in [0.2, 0.25) is 0 Å². The number of nitrogens with one attached hydrogen (secondary N) is 2. The van der Waals surface area contributed by atoms with Crippen LogP contribution in [0.3, 0.4) is 0 Å². The molecular formula is C16H38N4W-2. The molecule has 0 aromatic heterocycles. The zero-order valence-electron chi connectivity index (χ0n) is 16.3. The molecule has 0 atom stereocenters. The molecule has 0 bridgehead atoms. The molecule has 0 aromatic carbocycles. The van der Waals surface area contributed by atoms with Crippen LogP contribution >= 0.6 is 0 Å². The Balaban J connectivity index is -0.000000270. The third-order valence-corrected chi connectivity index (χ3v) is 5.15. The summed E-state index contributed by atoms with van der Waals surface area (Å²) >= 11 is -0.780. The van der Waals surface area contributed by atoms with Crippen molar-refractivity contribution in [2.24, 2.45) is 6.99 Å². The van der Waals surface area contributed by atoms with Crippen molar-refractivity contribution in [3.63, 3.8) is 0 Å². The Labute approximate surface area is 142 Å². The Morgan fingerprint density at radius 2 is 0.667 bits per heavy atom. The van der Waals surface area contributed by atoms with Crippen LogP contribution in [0.2, 0.25) is 0 Å². The van der Waals surface area contributed by atoms with E-state index in [9.17, 15) is 0 Å². The van der Waals surface area contributed by atoms with Gasteiger partial charge in [0, 0.05) is 0 Å². The minimum atomic E-state index is -0.780. The Kier molecular flexibility index (Phi) is 12.5. The fraction of sp³-hybridized carbons (Fsp3) is 1.00. The van der Waals surface area contributed by atoms with E-state index in [0.717, 1.165) is 0 Å². The van der Waals surface area contributed by atoms with Crippen LogP contribution in [-0.4, -0.2) is 22.2 Å². The third-order valence-electron chi connectivity index (χ3n) is 0.629. The summed E-state index contributed by atoms with van der Waals surface area (Å²) in [6.45, 7) is 23.9. The van der Waals surface area contributed by atoms with E-state index in [1.165, 1.54) is 0 Å². The molecule has 0 unspecified atom stereocenters. The SMILES string of the molecule is CC(C)(C)[NH-].CC(C)(C)[NH-].CC(C)(C)[N]=[W]=[N]C(C)(C)C. The number of hydrogen-bond acceptors (Lipinski definition) is 2. The molecule has 0 amide bonds. The van der Waals surface area contributed by atoms with Crippen molar-refractivity contribution >= 4 is 0 Å². The second kappa shape index (κ2) is 10.1. The molecule has 130 valence electrons. The van der Waals surface area contributed by atoms with Crippen LogP contribution in [0.4, 0.5) is 0 Å². The van der Waals surface area contributed by atoms with Crippen LogP contribution in [-0.2, 0) is 18.2 Å². The zero-order valence-corrected chi connectivity index (χ0v) is 19.2. The summed E-state index contributed by atoms with van der Waals surface area (Å²) < 4.78 is 9.08. The van der Waals surface area contributed by atoms with Gasteiger partial charge in [-0.05, 0) is 0 Å². The summed E-state index contributed by atoms with van der Waals surface area (Å²) in [6, 6.07) is 0. The summed E-state index contributed by atoms with van der Waals surface area (Å²) in [5, 5.41) is 0. The number of nitrogens with zero attached hydrogens (tertiary/aromatic N) is 2. The first kappa shape index (κ1) is 26.1. The Hall–Kier alpha value is 0.208. The molecule has 0 aliphatic rings. The van der Waals surface area contributed by atoms with E-state index in [-0.39, 0.29) is 22.2 Å². The molecule has 0 spiro atoms. The molecule has 0 aliphatic carbocycles. The summed E-state index contributed by atoms with van der Waals surface area (Å²) in [7, 11) is 0. The van der Waals surface area contributed by atoms with E-state index in [2.05, 4.69) is 48.5 Å². The molecule has 0 saturated carbocycles. The van der Waals surface area contributed by atoms with Gasteiger partial charge in [-0.3, -0.25) is 0 Å². The van der Waals surface area contributed by atoms with Crippen molar-refractivity contribution in [1.29, 1.82) is 0 Å². The fourth-order valence-electron chi connectivity index (χ4n) is 0.265. The molecule has 2 N–H and O–H groups in total. The van der Waals surface area contributed by atoms with Crippen LogP contribution in [0.1, 0.15) is 83.1 Å². The van der Waals surface area contributed by atoms with Crippen LogP contribution in [0.5, 0.6) is 0 Å². The third kappa shape index (κ3) is 99.4. The van der Waals surface area contributed by atoms with Gasteiger partial charge in [-0.15, -0.1) is 11.1 Å². The molecule has 0 rings (SSSR count). The first-order chi connectivity index (χ1) is 8.71. The van der Waals surface area contributed by atoms with Crippen molar-refractivity contribution in [3.8, 4) is 0 Å². The van der Waals surface area contributed by atoms with Gasteiger partial charge in [-0.1, -0.05) is 41.5 Å². The monoisotopic (exact) mass is 470 g/mol. The van der Waals surface area contributed by atoms with Crippen molar-refractivity contribution in [3.05, 3.63) is 11.5 Å². The van der Waals surface area contributed by atoms with E-state index in [0.29, 0.717) is 0 Å². The molecular weight excluding hydrogens is 432 g/mol. The molecule has 21 heavy (non-hydrogen) atoms. The molecule has 0 saturated heterocycles. The van der Waals surface area contributed by atoms with E-state index in [1.807, 2.05) is 41.5 Å². The second-order valence-corrected chi connectivity index (χ2v) is 11.0. The van der Waals surface area contributed by atoms with Gasteiger partial charge in [-0.2, -0.15) is 0 Å². The van der Waals surface area contributed by atoms with Crippen molar-refractivity contribution < 1.29 is 18.2 Å². The summed E-state index contributed by atoms with van der Waals surface area (Å²) in [5.74, 6) is 0. The maximum atomic E-state index is 6.94. The normalized spacial score (nSPS) is 12.3. The number of hydrogen-bond donors (Lipinski definition) is 0. The van der Waals surface area contributed by atoms with E-state index in [4.69, 9.17) is 11.5 Å². The molecule has 0 aliphatic heterocycles. The van der Waals surface area contributed by atoms with Gasteiger partial charge in [0.1, 0.15) is 0 Å². The fourth-order valence-corrected chi connectivity index (χ4v) is 2.17. The standard InChI is InChI=1S/2C4H10N.2C4H9N.W/c4*1-4(2,3)5;/h2*5H,1-3H3;2*1-3H3;/q2*-1;;;. The Morgan fingerprint density at radius 3 is 0.762 bits per heavy atom. The van der Waals surface area contributed by atoms with Gasteiger partial charge in [0.15, 0.2) is 0 Å². The average molecular weight is 470 g/mol. The van der Waals surface area contributed by atoms with Crippen LogP contribution in [0.15, 0.2) is 6.99 Å². The van der Waals surface area contributed by atoms with Gasteiger partial charge in [0.25, 0.3) is 0 Å². The average Bonchev–Trinajstić information content (AvgIpc) is 1.89. The predicted molar refractivity (Wildman–Crippen MR) is 92.5 cm³/mol. The topological polar surface area (TPSA) is 72.3 Å². The van der Waals surface area contributed by atoms with Crippen molar-refractivity contribution in [2.75, 3.05) is 0 Å². The predicted octanol–water partition coefficient (Wildman–Crippen LogP) is 6.71. The molecule has 0 heterocycles. The second-order valence-electron chi connectivity index (χ2n) is 9.11. The van der Waals surface area contributed by atoms with Gasteiger partial charge in [-0.25, -0.2) is 0 Å².